The third kappa shape index (κ3) is 4.56. The van der Waals surface area contributed by atoms with Crippen molar-refractivity contribution in [3.8, 4) is 5.88 Å². The fourth-order valence-electron chi connectivity index (χ4n) is 1.70. The first-order valence-corrected chi connectivity index (χ1v) is 7.48. The molecule has 0 radical (unpaired) electrons. The van der Waals surface area contributed by atoms with Crippen LogP contribution in [0.1, 0.15) is 15.9 Å². The summed E-state index contributed by atoms with van der Waals surface area (Å²) in [5.74, 6) is 0.511. The molecule has 5 heteroatoms. The van der Waals surface area contributed by atoms with Gasteiger partial charge in [-0.05, 0) is 46.4 Å². The molecule has 1 heterocycles. The van der Waals surface area contributed by atoms with E-state index >= 15 is 0 Å². The van der Waals surface area contributed by atoms with Gasteiger partial charge in [-0.3, -0.25) is 4.79 Å². The highest BCUT2D eigenvalue weighted by atomic mass is 127. The van der Waals surface area contributed by atoms with Crippen LogP contribution < -0.4 is 10.1 Å². The summed E-state index contributed by atoms with van der Waals surface area (Å²) in [4.78, 5) is 16.1. The van der Waals surface area contributed by atoms with Crippen LogP contribution in [0.15, 0.2) is 48.7 Å². The van der Waals surface area contributed by atoms with E-state index in [9.17, 15) is 4.79 Å². The third-order valence-corrected chi connectivity index (χ3v) is 3.72. The molecule has 4 nitrogen and oxygen atoms in total. The molecule has 1 N–H and O–H groups in total. The van der Waals surface area contributed by atoms with Crippen LogP contribution in [0.2, 0.25) is 0 Å². The van der Waals surface area contributed by atoms with Crippen molar-refractivity contribution in [2.75, 3.05) is 13.7 Å². The zero-order chi connectivity index (χ0) is 15.1. The summed E-state index contributed by atoms with van der Waals surface area (Å²) in [6, 6.07) is 11.2. The van der Waals surface area contributed by atoms with Crippen molar-refractivity contribution in [1.82, 2.24) is 10.3 Å². The van der Waals surface area contributed by atoms with Gasteiger partial charge < -0.3 is 10.1 Å². The Morgan fingerprint density at radius 1 is 1.33 bits per heavy atom. The number of aromatic nitrogens is 1. The van der Waals surface area contributed by atoms with Crippen molar-refractivity contribution < 1.29 is 9.53 Å². The number of carbonyl (C=O) groups is 1. The van der Waals surface area contributed by atoms with E-state index in [1.807, 2.05) is 42.5 Å². The Morgan fingerprint density at radius 2 is 2.14 bits per heavy atom. The van der Waals surface area contributed by atoms with E-state index in [2.05, 4.69) is 32.9 Å². The molecule has 1 aromatic heterocycles. The molecule has 0 saturated heterocycles. The van der Waals surface area contributed by atoms with Crippen molar-refractivity contribution in [2.45, 2.75) is 0 Å². The van der Waals surface area contributed by atoms with Crippen molar-refractivity contribution in [3.05, 3.63) is 63.4 Å². The van der Waals surface area contributed by atoms with Gasteiger partial charge in [-0.15, -0.1) is 0 Å². The zero-order valence-electron chi connectivity index (χ0n) is 11.5. The van der Waals surface area contributed by atoms with E-state index in [1.165, 1.54) is 0 Å². The SMILES string of the molecule is COc1ccc(/C=C/CNC(=O)c2ccccc2I)cn1. The number of ether oxygens (including phenoxy) is 1. The van der Waals surface area contributed by atoms with Crippen LogP contribution in [0.5, 0.6) is 5.88 Å². The van der Waals surface area contributed by atoms with Crippen molar-refractivity contribution in [3.63, 3.8) is 0 Å². The van der Waals surface area contributed by atoms with Gasteiger partial charge in [0.25, 0.3) is 5.91 Å². The molecule has 1 aromatic carbocycles. The summed E-state index contributed by atoms with van der Waals surface area (Å²) >= 11 is 2.15. The largest absolute Gasteiger partial charge is 0.481 e. The molecule has 0 aliphatic heterocycles. The summed E-state index contributed by atoms with van der Waals surface area (Å²) in [6.07, 6.45) is 5.51. The Labute approximate surface area is 137 Å². The maximum absolute atomic E-state index is 12.0. The van der Waals surface area contributed by atoms with Gasteiger partial charge in [0.2, 0.25) is 5.88 Å². The summed E-state index contributed by atoms with van der Waals surface area (Å²) in [5, 5.41) is 2.86. The quantitative estimate of drug-likeness (QED) is 0.793. The van der Waals surface area contributed by atoms with E-state index in [0.717, 1.165) is 9.13 Å². The lowest BCUT2D eigenvalue weighted by molar-refractivity contribution is 0.0957. The van der Waals surface area contributed by atoms with Crippen molar-refractivity contribution in [1.29, 1.82) is 0 Å². The predicted molar refractivity (Wildman–Crippen MR) is 91.3 cm³/mol. The average molecular weight is 394 g/mol. The number of nitrogens with one attached hydrogen (secondary N) is 1. The number of nitrogens with zero attached hydrogens (tertiary/aromatic N) is 1. The minimum atomic E-state index is -0.0718. The fourth-order valence-corrected chi connectivity index (χ4v) is 2.33. The molecule has 2 rings (SSSR count). The number of benzene rings is 1. The average Bonchev–Trinajstić information content (AvgIpc) is 2.52. The molecule has 2 aromatic rings. The Balaban J connectivity index is 1.87. The number of hydrogen-bond acceptors (Lipinski definition) is 3. The number of methoxy groups -OCH3 is 1. The van der Waals surface area contributed by atoms with Gasteiger partial charge in [-0.2, -0.15) is 0 Å². The summed E-state index contributed by atoms with van der Waals surface area (Å²) in [5.41, 5.74) is 1.65. The van der Waals surface area contributed by atoms with Crippen LogP contribution in [0, 0.1) is 3.57 Å². The van der Waals surface area contributed by atoms with E-state index in [-0.39, 0.29) is 5.91 Å². The Hall–Kier alpha value is -1.89. The second kappa shape index (κ2) is 7.78. The molecular weight excluding hydrogens is 379 g/mol. The van der Waals surface area contributed by atoms with E-state index < -0.39 is 0 Å². The molecule has 0 atom stereocenters. The first-order valence-electron chi connectivity index (χ1n) is 6.40. The molecule has 0 spiro atoms. The van der Waals surface area contributed by atoms with Crippen LogP contribution in [-0.2, 0) is 0 Å². The third-order valence-electron chi connectivity index (χ3n) is 2.78. The lowest BCUT2D eigenvalue weighted by Crippen LogP contribution is -2.24. The summed E-state index contributed by atoms with van der Waals surface area (Å²) < 4.78 is 5.93. The second-order valence-corrected chi connectivity index (χ2v) is 5.39. The predicted octanol–water partition coefficient (Wildman–Crippen LogP) is 3.14. The van der Waals surface area contributed by atoms with E-state index in [0.29, 0.717) is 18.0 Å². The van der Waals surface area contributed by atoms with Crippen LogP contribution >= 0.6 is 22.6 Å². The van der Waals surface area contributed by atoms with E-state index in [4.69, 9.17) is 4.74 Å². The highest BCUT2D eigenvalue weighted by Crippen LogP contribution is 2.11. The highest BCUT2D eigenvalue weighted by Gasteiger charge is 2.06. The molecule has 0 aliphatic rings. The van der Waals surface area contributed by atoms with Gasteiger partial charge in [-0.25, -0.2) is 4.98 Å². The van der Waals surface area contributed by atoms with Gasteiger partial charge in [0, 0.05) is 22.4 Å². The molecule has 0 bridgehead atoms. The van der Waals surface area contributed by atoms with Crippen LogP contribution in [0.4, 0.5) is 0 Å². The Bertz CT molecular complexity index is 639. The second-order valence-electron chi connectivity index (χ2n) is 4.23. The molecule has 0 unspecified atom stereocenters. The Morgan fingerprint density at radius 3 is 2.81 bits per heavy atom. The maximum Gasteiger partial charge on any atom is 0.252 e. The number of rotatable bonds is 5. The first kappa shape index (κ1) is 15.5. The topological polar surface area (TPSA) is 51.2 Å². The van der Waals surface area contributed by atoms with Crippen molar-refractivity contribution >= 4 is 34.6 Å². The number of carbonyl (C=O) groups excluding carboxylic acids is 1. The number of amides is 1. The standard InChI is InChI=1S/C16H15IN2O2/c1-21-15-9-8-12(11-19-15)5-4-10-18-16(20)13-6-2-3-7-14(13)17/h2-9,11H,10H2,1H3,(H,18,20)/b5-4+. The van der Waals surface area contributed by atoms with Crippen LogP contribution in [-0.4, -0.2) is 24.5 Å². The lowest BCUT2D eigenvalue weighted by Gasteiger charge is -2.04. The molecule has 0 saturated carbocycles. The van der Waals surface area contributed by atoms with Gasteiger partial charge in [0.15, 0.2) is 0 Å². The molecule has 1 amide bonds. The maximum atomic E-state index is 12.0. The van der Waals surface area contributed by atoms with Gasteiger partial charge >= 0.3 is 0 Å². The monoisotopic (exact) mass is 394 g/mol. The van der Waals surface area contributed by atoms with E-state index in [1.54, 1.807) is 19.4 Å². The molecule has 0 aliphatic carbocycles. The van der Waals surface area contributed by atoms with Gasteiger partial charge in [0.05, 0.1) is 12.7 Å². The van der Waals surface area contributed by atoms with Gasteiger partial charge in [0.1, 0.15) is 0 Å². The molecular formula is C16H15IN2O2. The Kier molecular flexibility index (Phi) is 5.74. The molecule has 21 heavy (non-hydrogen) atoms. The van der Waals surface area contributed by atoms with Crippen molar-refractivity contribution in [2.24, 2.45) is 0 Å². The normalized spacial score (nSPS) is 10.6. The fraction of sp³-hybridized carbons (Fsp3) is 0.125. The zero-order valence-corrected chi connectivity index (χ0v) is 13.7. The number of pyridine rings is 1. The number of halogens is 1. The minimum Gasteiger partial charge on any atom is -0.481 e. The molecule has 108 valence electrons. The van der Waals surface area contributed by atoms with Crippen LogP contribution in [0.3, 0.4) is 0 Å². The lowest BCUT2D eigenvalue weighted by atomic mass is 10.2. The van der Waals surface area contributed by atoms with Crippen LogP contribution in [0.25, 0.3) is 6.08 Å². The molecule has 0 fully saturated rings. The summed E-state index contributed by atoms with van der Waals surface area (Å²) in [6.45, 7) is 0.468. The first-order chi connectivity index (χ1) is 10.2. The van der Waals surface area contributed by atoms with Gasteiger partial charge in [-0.1, -0.05) is 24.3 Å². The summed E-state index contributed by atoms with van der Waals surface area (Å²) in [7, 11) is 1.58. The highest BCUT2D eigenvalue weighted by molar-refractivity contribution is 14.1. The minimum absolute atomic E-state index is 0.0718. The number of hydrogen-bond donors (Lipinski definition) is 1. The smallest absolute Gasteiger partial charge is 0.252 e.